The Morgan fingerprint density at radius 3 is 2.45 bits per heavy atom. The van der Waals surface area contributed by atoms with Crippen molar-refractivity contribution in [1.29, 1.82) is 0 Å². The Labute approximate surface area is 112 Å². The van der Waals surface area contributed by atoms with Crippen molar-refractivity contribution in [2.75, 3.05) is 0 Å². The smallest absolute Gasteiger partial charge is 0.262 e. The number of aromatic nitrogens is 2. The zero-order valence-electron chi connectivity index (χ0n) is 10.1. The van der Waals surface area contributed by atoms with Crippen LogP contribution in [0.5, 0.6) is 11.5 Å². The summed E-state index contributed by atoms with van der Waals surface area (Å²) in [5.74, 6) is -0.293. The van der Waals surface area contributed by atoms with E-state index in [9.17, 15) is 14.6 Å². The van der Waals surface area contributed by atoms with Crippen molar-refractivity contribution in [3.05, 3.63) is 48.3 Å². The second-order valence-corrected chi connectivity index (χ2v) is 4.13. The van der Waals surface area contributed by atoms with Gasteiger partial charge in [-0.2, -0.15) is 4.98 Å². The lowest BCUT2D eigenvalue weighted by molar-refractivity contribution is 0.425. The Kier molecular flexibility index (Phi) is 2.83. The van der Waals surface area contributed by atoms with Crippen LogP contribution < -0.4 is 0 Å². The molecule has 100 valence electrons. The summed E-state index contributed by atoms with van der Waals surface area (Å²) in [6, 6.07) is 9.79. The van der Waals surface area contributed by atoms with Crippen LogP contribution in [0.3, 0.4) is 0 Å². The van der Waals surface area contributed by atoms with Crippen LogP contribution in [0.15, 0.2) is 47.0 Å². The van der Waals surface area contributed by atoms with Crippen LogP contribution in [-0.4, -0.2) is 20.4 Å². The third-order valence-corrected chi connectivity index (χ3v) is 2.74. The number of hydrogen-bond donors (Lipinski definition) is 2. The third-order valence-electron chi connectivity index (χ3n) is 2.74. The fourth-order valence-electron chi connectivity index (χ4n) is 1.75. The van der Waals surface area contributed by atoms with Crippen molar-refractivity contribution in [3.63, 3.8) is 0 Å². The maximum atomic E-state index is 12.9. The van der Waals surface area contributed by atoms with Crippen LogP contribution in [0.25, 0.3) is 22.8 Å². The zero-order chi connectivity index (χ0) is 14.1. The standard InChI is InChI=1S/C14H9FN2O3/c15-9-3-6-11(12(19)7-9)14-16-13(17-20-14)8-1-4-10(18)5-2-8/h1-7,18-19H. The predicted molar refractivity (Wildman–Crippen MR) is 68.5 cm³/mol. The Hall–Kier alpha value is -2.89. The molecule has 2 aromatic carbocycles. The van der Waals surface area contributed by atoms with Crippen molar-refractivity contribution >= 4 is 0 Å². The quantitative estimate of drug-likeness (QED) is 0.749. The Balaban J connectivity index is 1.99. The second-order valence-electron chi connectivity index (χ2n) is 4.13. The molecule has 0 saturated carbocycles. The highest BCUT2D eigenvalue weighted by molar-refractivity contribution is 5.65. The van der Waals surface area contributed by atoms with E-state index < -0.39 is 5.82 Å². The van der Waals surface area contributed by atoms with Gasteiger partial charge in [0, 0.05) is 11.6 Å². The first-order valence-corrected chi connectivity index (χ1v) is 5.75. The van der Waals surface area contributed by atoms with Gasteiger partial charge in [-0.05, 0) is 36.4 Å². The lowest BCUT2D eigenvalue weighted by Crippen LogP contribution is -1.82. The van der Waals surface area contributed by atoms with Gasteiger partial charge >= 0.3 is 0 Å². The van der Waals surface area contributed by atoms with Gasteiger partial charge in [0.05, 0.1) is 5.56 Å². The highest BCUT2D eigenvalue weighted by Gasteiger charge is 2.14. The molecule has 0 unspecified atom stereocenters. The van der Waals surface area contributed by atoms with E-state index in [0.717, 1.165) is 6.07 Å². The molecule has 0 aliphatic carbocycles. The van der Waals surface area contributed by atoms with Crippen molar-refractivity contribution in [2.45, 2.75) is 0 Å². The molecule has 3 aromatic rings. The van der Waals surface area contributed by atoms with Crippen LogP contribution in [-0.2, 0) is 0 Å². The molecule has 1 aromatic heterocycles. The lowest BCUT2D eigenvalue weighted by Gasteiger charge is -1.98. The molecule has 0 spiro atoms. The van der Waals surface area contributed by atoms with E-state index in [1.165, 1.54) is 24.3 Å². The zero-order valence-corrected chi connectivity index (χ0v) is 10.1. The molecule has 6 heteroatoms. The molecule has 5 nitrogen and oxygen atoms in total. The maximum absolute atomic E-state index is 12.9. The average molecular weight is 272 g/mol. The fourth-order valence-corrected chi connectivity index (χ4v) is 1.75. The van der Waals surface area contributed by atoms with Gasteiger partial charge < -0.3 is 14.7 Å². The van der Waals surface area contributed by atoms with Crippen molar-refractivity contribution in [1.82, 2.24) is 10.1 Å². The van der Waals surface area contributed by atoms with E-state index in [1.54, 1.807) is 12.1 Å². The largest absolute Gasteiger partial charge is 0.508 e. The first kappa shape index (κ1) is 12.2. The molecule has 20 heavy (non-hydrogen) atoms. The summed E-state index contributed by atoms with van der Waals surface area (Å²) in [6.07, 6.45) is 0. The van der Waals surface area contributed by atoms with Gasteiger partial charge in [0.1, 0.15) is 17.3 Å². The molecule has 0 radical (unpaired) electrons. The fraction of sp³-hybridized carbons (Fsp3) is 0. The van der Waals surface area contributed by atoms with Crippen LogP contribution in [0.1, 0.15) is 0 Å². The van der Waals surface area contributed by atoms with Gasteiger partial charge in [0.15, 0.2) is 0 Å². The van der Waals surface area contributed by atoms with Gasteiger partial charge in [-0.1, -0.05) is 5.16 Å². The molecule has 0 bridgehead atoms. The molecule has 0 atom stereocenters. The molecule has 0 amide bonds. The monoisotopic (exact) mass is 272 g/mol. The van der Waals surface area contributed by atoms with Gasteiger partial charge in [0.25, 0.3) is 5.89 Å². The number of nitrogens with zero attached hydrogens (tertiary/aromatic N) is 2. The van der Waals surface area contributed by atoms with E-state index in [1.807, 2.05) is 0 Å². The predicted octanol–water partition coefficient (Wildman–Crippen LogP) is 2.95. The van der Waals surface area contributed by atoms with Crippen LogP contribution in [0, 0.1) is 5.82 Å². The van der Waals surface area contributed by atoms with Crippen LogP contribution in [0.2, 0.25) is 0 Å². The first-order valence-electron chi connectivity index (χ1n) is 5.75. The van der Waals surface area contributed by atoms with Gasteiger partial charge in [-0.15, -0.1) is 0 Å². The number of halogens is 1. The number of hydrogen-bond acceptors (Lipinski definition) is 5. The summed E-state index contributed by atoms with van der Waals surface area (Å²) in [6.45, 7) is 0. The number of benzene rings is 2. The molecule has 0 aliphatic heterocycles. The molecular formula is C14H9FN2O3. The number of phenolic OH excluding ortho intramolecular Hbond substituents is 2. The SMILES string of the molecule is Oc1ccc(-c2noc(-c3ccc(F)cc3O)n2)cc1. The summed E-state index contributed by atoms with van der Waals surface area (Å²) in [4.78, 5) is 4.13. The molecule has 1 heterocycles. The lowest BCUT2D eigenvalue weighted by atomic mass is 10.2. The van der Waals surface area contributed by atoms with Gasteiger partial charge in [-0.25, -0.2) is 4.39 Å². The van der Waals surface area contributed by atoms with Crippen molar-refractivity contribution in [2.24, 2.45) is 0 Å². The maximum Gasteiger partial charge on any atom is 0.262 e. The van der Waals surface area contributed by atoms with Gasteiger partial charge in [-0.3, -0.25) is 0 Å². The van der Waals surface area contributed by atoms with Gasteiger partial charge in [0.2, 0.25) is 5.82 Å². The topological polar surface area (TPSA) is 79.4 Å². The van der Waals surface area contributed by atoms with E-state index in [0.29, 0.717) is 11.4 Å². The molecule has 0 fully saturated rings. The molecule has 3 rings (SSSR count). The summed E-state index contributed by atoms with van der Waals surface area (Å²) in [5, 5.41) is 22.7. The second kappa shape index (κ2) is 4.65. The molecule has 2 N–H and O–H groups in total. The third kappa shape index (κ3) is 2.18. The highest BCUT2D eigenvalue weighted by Crippen LogP contribution is 2.30. The highest BCUT2D eigenvalue weighted by atomic mass is 19.1. The number of aromatic hydroxyl groups is 2. The number of rotatable bonds is 2. The van der Waals surface area contributed by atoms with E-state index in [2.05, 4.69) is 10.1 Å². The van der Waals surface area contributed by atoms with Crippen LogP contribution >= 0.6 is 0 Å². The van der Waals surface area contributed by atoms with E-state index in [4.69, 9.17) is 4.52 Å². The minimum atomic E-state index is -0.551. The van der Waals surface area contributed by atoms with E-state index in [-0.39, 0.29) is 23.0 Å². The number of phenols is 2. The van der Waals surface area contributed by atoms with Crippen LogP contribution in [0.4, 0.5) is 4.39 Å². The minimum Gasteiger partial charge on any atom is -0.508 e. The average Bonchev–Trinajstić information content (AvgIpc) is 2.89. The molecular weight excluding hydrogens is 263 g/mol. The Bertz CT molecular complexity index is 753. The molecule has 0 saturated heterocycles. The molecule has 0 aliphatic rings. The Morgan fingerprint density at radius 1 is 1.00 bits per heavy atom. The normalized spacial score (nSPS) is 10.7. The first-order chi connectivity index (χ1) is 9.63. The summed E-state index contributed by atoms with van der Waals surface area (Å²) in [7, 11) is 0. The summed E-state index contributed by atoms with van der Waals surface area (Å²) < 4.78 is 18.0. The van der Waals surface area contributed by atoms with E-state index >= 15 is 0 Å². The summed E-state index contributed by atoms with van der Waals surface area (Å²) >= 11 is 0. The van der Waals surface area contributed by atoms with Crippen molar-refractivity contribution in [3.8, 4) is 34.3 Å². The minimum absolute atomic E-state index is 0.0885. The summed E-state index contributed by atoms with van der Waals surface area (Å²) in [5.41, 5.74) is 0.906. The Morgan fingerprint density at radius 2 is 1.75 bits per heavy atom. The van der Waals surface area contributed by atoms with Crippen molar-refractivity contribution < 1.29 is 19.1 Å².